The number of rotatable bonds is 14. The van der Waals surface area contributed by atoms with Crippen LogP contribution in [0.4, 0.5) is 0 Å². The third-order valence-electron chi connectivity index (χ3n) is 7.15. The summed E-state index contributed by atoms with van der Waals surface area (Å²) in [4.78, 5) is 24.0. The molecule has 16 nitrogen and oxygen atoms in total. The number of aromatic nitrogens is 3. The summed E-state index contributed by atoms with van der Waals surface area (Å²) < 4.78 is 46.6. The Bertz CT molecular complexity index is 1570. The maximum absolute atomic E-state index is 12.2. The molecule has 0 aliphatic carbocycles. The second-order valence-electron chi connectivity index (χ2n) is 10.5. The van der Waals surface area contributed by atoms with Crippen molar-refractivity contribution in [1.29, 1.82) is 0 Å². The van der Waals surface area contributed by atoms with Gasteiger partial charge in [-0.3, -0.25) is 9.48 Å². The van der Waals surface area contributed by atoms with Crippen molar-refractivity contribution in [3.8, 4) is 22.4 Å². The molecule has 1 aliphatic heterocycles. The number of aliphatic carboxylic acids is 1. The summed E-state index contributed by atoms with van der Waals surface area (Å²) in [5, 5.41) is 54.5. The van der Waals surface area contributed by atoms with Gasteiger partial charge in [0.1, 0.15) is 23.9 Å². The van der Waals surface area contributed by atoms with Crippen molar-refractivity contribution in [2.75, 3.05) is 13.2 Å². The van der Waals surface area contributed by atoms with Gasteiger partial charge in [0, 0.05) is 32.0 Å². The summed E-state index contributed by atoms with van der Waals surface area (Å²) in [6.07, 6.45) is -6.42. The van der Waals surface area contributed by atoms with Crippen molar-refractivity contribution >= 4 is 22.2 Å². The summed E-state index contributed by atoms with van der Waals surface area (Å²) in [6, 6.07) is 16.2. The molecule has 0 spiro atoms. The largest absolute Gasteiger partial charge is 1.00 e. The molecule has 0 saturated carbocycles. The number of nitrogens with zero attached hydrogens (tertiary/aromatic N) is 3. The predicted octanol–water partition coefficient (Wildman–Crippen LogP) is -8.10. The molecule has 47 heavy (non-hydrogen) atoms. The van der Waals surface area contributed by atoms with Crippen LogP contribution in [-0.4, -0.2) is 105 Å². The summed E-state index contributed by atoms with van der Waals surface area (Å²) in [5.41, 5.74) is 3.56. The van der Waals surface area contributed by atoms with Crippen molar-refractivity contribution in [1.82, 2.24) is 25.0 Å². The van der Waals surface area contributed by atoms with Gasteiger partial charge in [0.15, 0.2) is 10.3 Å². The van der Waals surface area contributed by atoms with E-state index < -0.39 is 71.4 Å². The first-order valence-electron chi connectivity index (χ1n) is 13.9. The van der Waals surface area contributed by atoms with Crippen LogP contribution >= 0.6 is 0 Å². The number of carboxylic acids is 1. The molecule has 0 bridgehead atoms. The number of carbonyl (C=O) groups excluding carboxylic acids is 2. The molecule has 0 unspecified atom stereocenters. The van der Waals surface area contributed by atoms with Gasteiger partial charge in [0.25, 0.3) is 0 Å². The fourth-order valence-electron chi connectivity index (χ4n) is 4.94. The molecule has 0 radical (unpaired) electrons. The quantitative estimate of drug-likeness (QED) is 0.0599. The number of hydrogen-bond donors (Lipinski definition) is 5. The van der Waals surface area contributed by atoms with Crippen LogP contribution in [0.3, 0.4) is 0 Å². The number of carbonyl (C=O) groups is 2. The number of ether oxygens (including phenoxy) is 2. The Balaban J connectivity index is 0.00000384. The fraction of sp³-hybridized carbons (Fsp3) is 0.429. The van der Waals surface area contributed by atoms with Crippen LogP contribution in [0.15, 0.2) is 60.8 Å². The van der Waals surface area contributed by atoms with Crippen LogP contribution < -0.4 is 74.3 Å². The number of amides is 1. The molecule has 1 saturated heterocycles. The predicted molar refractivity (Wildman–Crippen MR) is 152 cm³/mol. The molecule has 19 heteroatoms. The Hall–Kier alpha value is -1.81. The molecule has 2 heterocycles. The Morgan fingerprint density at radius 3 is 2.32 bits per heavy atom. The summed E-state index contributed by atoms with van der Waals surface area (Å²) in [6.45, 7) is 0.111. The van der Waals surface area contributed by atoms with E-state index in [0.717, 1.165) is 23.6 Å². The molecule has 5 N–H and O–H groups in total. The van der Waals surface area contributed by atoms with E-state index in [1.54, 1.807) is 6.20 Å². The van der Waals surface area contributed by atoms with E-state index >= 15 is 0 Å². The third kappa shape index (κ3) is 11.4. The molecule has 3 aromatic rings. The zero-order valence-corrected chi connectivity index (χ0v) is 30.9. The minimum Gasteiger partial charge on any atom is -0.735 e. The van der Waals surface area contributed by atoms with Crippen LogP contribution in [0.2, 0.25) is 0 Å². The van der Waals surface area contributed by atoms with Gasteiger partial charge in [-0.1, -0.05) is 59.8 Å². The monoisotopic (exact) mass is 693 g/mol. The van der Waals surface area contributed by atoms with Gasteiger partial charge >= 0.3 is 59.1 Å². The van der Waals surface area contributed by atoms with Crippen molar-refractivity contribution in [2.45, 2.75) is 62.6 Å². The number of aliphatic hydroxyl groups is 3. The summed E-state index contributed by atoms with van der Waals surface area (Å²) in [5.74, 6) is -5.21. The minimum atomic E-state index is -5.00. The molecular formula is C28H33N5Na2O11S. The molecular weight excluding hydrogens is 660 g/mol. The topological polar surface area (TPSA) is 248 Å². The van der Waals surface area contributed by atoms with Gasteiger partial charge in [-0.15, -0.1) is 5.10 Å². The Kier molecular flexibility index (Phi) is 16.1. The number of nitrogens with one attached hydrogen (secondary N) is 2. The number of aryl methyl sites for hydroxylation is 1. The van der Waals surface area contributed by atoms with E-state index in [2.05, 4.69) is 15.6 Å². The van der Waals surface area contributed by atoms with Crippen LogP contribution in [-0.2, 0) is 35.9 Å². The molecule has 2 aromatic carbocycles. The normalized spacial score (nSPS) is 22.3. The Labute approximate surface area is 315 Å². The molecule has 4 rings (SSSR count). The average Bonchev–Trinajstić information content (AvgIpc) is 3.48. The Morgan fingerprint density at radius 2 is 1.72 bits per heavy atom. The maximum atomic E-state index is 12.2. The van der Waals surface area contributed by atoms with Crippen molar-refractivity contribution in [3.63, 3.8) is 0 Å². The molecule has 1 aliphatic rings. The minimum absolute atomic E-state index is 0. The molecule has 6 atom stereocenters. The van der Waals surface area contributed by atoms with Gasteiger partial charge in [0.05, 0.1) is 31.1 Å². The number of carboxylic acid groups (broad SMARTS) is 1. The van der Waals surface area contributed by atoms with E-state index in [4.69, 9.17) is 9.47 Å². The molecule has 1 fully saturated rings. The van der Waals surface area contributed by atoms with E-state index in [1.165, 1.54) is 9.40 Å². The Morgan fingerprint density at radius 1 is 1.11 bits per heavy atom. The van der Waals surface area contributed by atoms with Gasteiger partial charge < -0.3 is 44.6 Å². The first-order valence-corrected chi connectivity index (χ1v) is 15.3. The summed E-state index contributed by atoms with van der Waals surface area (Å²) >= 11 is 0. The number of hydrogen-bond acceptors (Lipinski definition) is 13. The van der Waals surface area contributed by atoms with Crippen LogP contribution in [0.25, 0.3) is 22.4 Å². The van der Waals surface area contributed by atoms with Gasteiger partial charge in [-0.05, 0) is 17.5 Å². The molecule has 244 valence electrons. The zero-order valence-electron chi connectivity index (χ0n) is 26.1. The number of benzene rings is 2. The molecule has 1 amide bonds. The standard InChI is InChI=1S/C28H35N5O11S.2Na/c1-17(34)30-24-22(35)14-28(27(38)39,44-26(24)25(37)23(36)15-29-45(40,41)42)43-13-5-12-33-16-21(31-32-33)20-10-8-19(9-11-20)18-6-3-2-4-7-18;;/h2-4,6-11,16,22-26,29,35-37H,5,12-15H2,1H3,(H,30,34)(H,38,39)(H,40,41,42);;/q;2*+1/p-2/t22-,23+,24+,25+,26+,28+;;/m0../s1. The van der Waals surface area contributed by atoms with Crippen molar-refractivity contribution < 1.29 is 112 Å². The second-order valence-corrected chi connectivity index (χ2v) is 11.7. The first kappa shape index (κ1) is 41.4. The maximum Gasteiger partial charge on any atom is 1.00 e. The van der Waals surface area contributed by atoms with Crippen LogP contribution in [0.5, 0.6) is 0 Å². The van der Waals surface area contributed by atoms with E-state index in [1.807, 2.05) is 54.6 Å². The fourth-order valence-corrected chi connectivity index (χ4v) is 5.31. The van der Waals surface area contributed by atoms with E-state index in [0.29, 0.717) is 5.69 Å². The third-order valence-corrected chi connectivity index (χ3v) is 7.67. The van der Waals surface area contributed by atoms with E-state index in [-0.39, 0.29) is 78.7 Å². The molecule has 1 aromatic heterocycles. The smallest absolute Gasteiger partial charge is 0.735 e. The van der Waals surface area contributed by atoms with Gasteiger partial charge in [-0.25, -0.2) is 13.1 Å². The van der Waals surface area contributed by atoms with E-state index in [9.17, 15) is 43.0 Å². The zero-order chi connectivity index (χ0) is 32.8. The van der Waals surface area contributed by atoms with Crippen molar-refractivity contribution in [2.24, 2.45) is 0 Å². The van der Waals surface area contributed by atoms with Gasteiger partial charge in [0.2, 0.25) is 11.7 Å². The van der Waals surface area contributed by atoms with Gasteiger partial charge in [-0.2, -0.15) is 0 Å². The number of aliphatic hydroxyl groups excluding tert-OH is 3. The van der Waals surface area contributed by atoms with Crippen LogP contribution in [0.1, 0.15) is 19.8 Å². The van der Waals surface area contributed by atoms with Crippen LogP contribution in [0, 0.1) is 0 Å². The van der Waals surface area contributed by atoms with Crippen molar-refractivity contribution in [3.05, 3.63) is 60.8 Å². The average molecular weight is 694 g/mol. The first-order chi connectivity index (χ1) is 21.3. The second kappa shape index (κ2) is 18.3. The summed E-state index contributed by atoms with van der Waals surface area (Å²) in [7, 11) is -5.00. The SMILES string of the molecule is CC(=O)N[C@H]1[C@H]([C@H](O)[C@H](O)CNS(=O)(=O)[O-])O[C@@](OCCCn2cc(-c3ccc(-c4ccccc4)cc3)nn2)(C(=O)[O-])C[C@@H]1O.[Na+].[Na+].